The van der Waals surface area contributed by atoms with Gasteiger partial charge in [-0.3, -0.25) is 10.9 Å². The molecule has 0 aliphatic carbocycles. The minimum Gasteiger partial charge on any atom is -0.461 e. The number of hydrazine groups is 1. The fraction of sp³-hybridized carbons (Fsp3) is 0.357. The van der Waals surface area contributed by atoms with Gasteiger partial charge in [0.05, 0.1) is 17.8 Å². The van der Waals surface area contributed by atoms with Crippen LogP contribution in [0.25, 0.3) is 5.69 Å². The number of halogens is 2. The predicted octanol–water partition coefficient (Wildman–Crippen LogP) is 1.33. The van der Waals surface area contributed by atoms with Gasteiger partial charge < -0.3 is 4.74 Å². The van der Waals surface area contributed by atoms with Crippen molar-refractivity contribution >= 4 is 17.6 Å². The molecule has 2 heterocycles. The van der Waals surface area contributed by atoms with Crippen molar-refractivity contribution in [1.82, 2.24) is 25.8 Å². The number of rotatable bonds is 5. The van der Waals surface area contributed by atoms with Crippen molar-refractivity contribution in [3.05, 3.63) is 40.9 Å². The van der Waals surface area contributed by atoms with E-state index in [1.807, 2.05) is 0 Å². The first-order valence-corrected chi connectivity index (χ1v) is 7.52. The Balaban J connectivity index is 1.61. The standard InChI is InChI=1S/C14H15ClFN5O2/c15-10-2-1-3-12(13(10)16)21-8-11(19-20-21)14(22)23-5-4-9-6-17-18-7-9/h1-3,8-9,17-18H,4-7H2. The van der Waals surface area contributed by atoms with Gasteiger partial charge in [-0.05, 0) is 24.5 Å². The van der Waals surface area contributed by atoms with E-state index in [-0.39, 0.29) is 16.4 Å². The summed E-state index contributed by atoms with van der Waals surface area (Å²) in [5.41, 5.74) is 6.16. The van der Waals surface area contributed by atoms with E-state index in [0.717, 1.165) is 24.2 Å². The summed E-state index contributed by atoms with van der Waals surface area (Å²) in [6.45, 7) is 1.99. The molecule has 0 atom stereocenters. The summed E-state index contributed by atoms with van der Waals surface area (Å²) < 4.78 is 20.2. The first kappa shape index (κ1) is 15.9. The highest BCUT2D eigenvalue weighted by atomic mass is 35.5. The average Bonchev–Trinajstić information content (AvgIpc) is 3.21. The quantitative estimate of drug-likeness (QED) is 0.800. The summed E-state index contributed by atoms with van der Waals surface area (Å²) >= 11 is 5.73. The van der Waals surface area contributed by atoms with Crippen molar-refractivity contribution in [3.8, 4) is 5.69 Å². The molecule has 23 heavy (non-hydrogen) atoms. The van der Waals surface area contributed by atoms with Gasteiger partial charge in [0.15, 0.2) is 11.5 Å². The van der Waals surface area contributed by atoms with Crippen molar-refractivity contribution in [2.24, 2.45) is 5.92 Å². The summed E-state index contributed by atoms with van der Waals surface area (Å²) in [6.07, 6.45) is 2.07. The second kappa shape index (κ2) is 7.03. The second-order valence-electron chi connectivity index (χ2n) is 5.17. The molecule has 2 aromatic rings. The van der Waals surface area contributed by atoms with E-state index < -0.39 is 11.8 Å². The topological polar surface area (TPSA) is 81.1 Å². The van der Waals surface area contributed by atoms with Crippen molar-refractivity contribution in [1.29, 1.82) is 0 Å². The van der Waals surface area contributed by atoms with Crippen LogP contribution in [0.4, 0.5) is 4.39 Å². The molecule has 0 unspecified atom stereocenters. The molecule has 0 spiro atoms. The van der Waals surface area contributed by atoms with Crippen LogP contribution in [-0.2, 0) is 4.74 Å². The maximum Gasteiger partial charge on any atom is 0.360 e. The predicted molar refractivity (Wildman–Crippen MR) is 80.7 cm³/mol. The molecular weight excluding hydrogens is 325 g/mol. The number of nitrogens with one attached hydrogen (secondary N) is 2. The number of hydrogen-bond donors (Lipinski definition) is 2. The van der Waals surface area contributed by atoms with E-state index in [0.29, 0.717) is 12.5 Å². The average molecular weight is 340 g/mol. The van der Waals surface area contributed by atoms with Crippen molar-refractivity contribution in [2.45, 2.75) is 6.42 Å². The van der Waals surface area contributed by atoms with Crippen molar-refractivity contribution in [3.63, 3.8) is 0 Å². The van der Waals surface area contributed by atoms with Crippen LogP contribution >= 0.6 is 11.6 Å². The Hall–Kier alpha value is -2.03. The molecule has 1 fully saturated rings. The largest absolute Gasteiger partial charge is 0.461 e. The SMILES string of the molecule is O=C(OCCC1CNNC1)c1cn(-c2cccc(Cl)c2F)nn1. The van der Waals surface area contributed by atoms with Crippen LogP contribution in [0.2, 0.25) is 5.02 Å². The first-order valence-electron chi connectivity index (χ1n) is 7.14. The van der Waals surface area contributed by atoms with Crippen LogP contribution in [0.1, 0.15) is 16.9 Å². The molecule has 0 amide bonds. The number of ether oxygens (including phenoxy) is 1. The van der Waals surface area contributed by atoms with Gasteiger partial charge in [-0.1, -0.05) is 22.9 Å². The lowest BCUT2D eigenvalue weighted by Gasteiger charge is -2.06. The Morgan fingerprint density at radius 2 is 2.22 bits per heavy atom. The Morgan fingerprint density at radius 3 is 3.00 bits per heavy atom. The van der Waals surface area contributed by atoms with Gasteiger partial charge in [-0.25, -0.2) is 13.9 Å². The van der Waals surface area contributed by atoms with E-state index in [1.54, 1.807) is 6.07 Å². The minimum atomic E-state index is -0.625. The molecule has 1 aliphatic rings. The zero-order valence-electron chi connectivity index (χ0n) is 12.1. The lowest BCUT2D eigenvalue weighted by Crippen LogP contribution is -2.21. The van der Waals surface area contributed by atoms with Gasteiger partial charge in [0, 0.05) is 13.1 Å². The minimum absolute atomic E-state index is 0.0204. The molecule has 0 saturated carbocycles. The van der Waals surface area contributed by atoms with Crippen LogP contribution in [0, 0.1) is 11.7 Å². The normalized spacial score (nSPS) is 15.0. The summed E-state index contributed by atoms with van der Waals surface area (Å²) in [5, 5.41) is 7.43. The van der Waals surface area contributed by atoms with Gasteiger partial charge >= 0.3 is 5.97 Å². The monoisotopic (exact) mass is 339 g/mol. The fourth-order valence-corrected chi connectivity index (χ4v) is 2.42. The van der Waals surface area contributed by atoms with Gasteiger partial charge in [0.25, 0.3) is 0 Å². The molecule has 1 saturated heterocycles. The van der Waals surface area contributed by atoms with E-state index in [4.69, 9.17) is 16.3 Å². The number of aromatic nitrogens is 3. The molecule has 2 N–H and O–H groups in total. The number of esters is 1. The summed E-state index contributed by atoms with van der Waals surface area (Å²) in [6, 6.07) is 4.51. The van der Waals surface area contributed by atoms with E-state index in [1.165, 1.54) is 18.3 Å². The number of carbonyl (C=O) groups excluding carboxylic acids is 1. The van der Waals surface area contributed by atoms with Crippen LogP contribution in [0.5, 0.6) is 0 Å². The Morgan fingerprint density at radius 1 is 1.43 bits per heavy atom. The smallest absolute Gasteiger partial charge is 0.360 e. The van der Waals surface area contributed by atoms with Crippen LogP contribution < -0.4 is 10.9 Å². The third kappa shape index (κ3) is 3.66. The molecule has 3 rings (SSSR count). The van der Waals surface area contributed by atoms with Crippen LogP contribution in [-0.4, -0.2) is 40.7 Å². The number of carbonyl (C=O) groups is 1. The number of benzene rings is 1. The highest BCUT2D eigenvalue weighted by Gasteiger charge is 2.18. The highest BCUT2D eigenvalue weighted by Crippen LogP contribution is 2.20. The van der Waals surface area contributed by atoms with Crippen molar-refractivity contribution < 1.29 is 13.9 Å². The molecule has 122 valence electrons. The molecule has 0 radical (unpaired) electrons. The van der Waals surface area contributed by atoms with Crippen LogP contribution in [0.15, 0.2) is 24.4 Å². The fourth-order valence-electron chi connectivity index (χ4n) is 2.25. The summed E-state index contributed by atoms with van der Waals surface area (Å²) in [4.78, 5) is 11.9. The van der Waals surface area contributed by atoms with Gasteiger partial charge in [-0.15, -0.1) is 5.10 Å². The van der Waals surface area contributed by atoms with Crippen molar-refractivity contribution in [2.75, 3.05) is 19.7 Å². The third-order valence-corrected chi connectivity index (χ3v) is 3.84. The zero-order chi connectivity index (χ0) is 16.2. The van der Waals surface area contributed by atoms with Gasteiger partial charge in [0.1, 0.15) is 5.69 Å². The Kier molecular flexibility index (Phi) is 4.85. The Bertz CT molecular complexity index is 702. The van der Waals surface area contributed by atoms with E-state index in [2.05, 4.69) is 21.2 Å². The third-order valence-electron chi connectivity index (χ3n) is 3.55. The van der Waals surface area contributed by atoms with Gasteiger partial charge in [0.2, 0.25) is 0 Å². The van der Waals surface area contributed by atoms with E-state index in [9.17, 15) is 9.18 Å². The molecule has 1 aliphatic heterocycles. The highest BCUT2D eigenvalue weighted by molar-refractivity contribution is 6.30. The number of nitrogens with zero attached hydrogens (tertiary/aromatic N) is 3. The van der Waals surface area contributed by atoms with Crippen LogP contribution in [0.3, 0.4) is 0 Å². The van der Waals surface area contributed by atoms with E-state index >= 15 is 0 Å². The maximum atomic E-state index is 13.9. The summed E-state index contributed by atoms with van der Waals surface area (Å²) in [5.74, 6) is -0.781. The first-order chi connectivity index (χ1) is 11.1. The van der Waals surface area contributed by atoms with Gasteiger partial charge in [-0.2, -0.15) is 0 Å². The lowest BCUT2D eigenvalue weighted by molar-refractivity contribution is 0.0480. The Labute approximate surface area is 136 Å². The lowest BCUT2D eigenvalue weighted by atomic mass is 10.1. The summed E-state index contributed by atoms with van der Waals surface area (Å²) in [7, 11) is 0. The molecule has 1 aromatic heterocycles. The maximum absolute atomic E-state index is 13.9. The second-order valence-corrected chi connectivity index (χ2v) is 5.58. The number of hydrogen-bond acceptors (Lipinski definition) is 6. The molecule has 1 aromatic carbocycles. The zero-order valence-corrected chi connectivity index (χ0v) is 12.9. The molecule has 7 nitrogen and oxygen atoms in total. The molecular formula is C14H15ClFN5O2. The molecule has 9 heteroatoms. The molecule has 0 bridgehead atoms.